The molecule has 0 unspecified atom stereocenters. The molecule has 0 atom stereocenters. The first-order valence-corrected chi connectivity index (χ1v) is 10.1. The second-order valence-corrected chi connectivity index (χ2v) is 7.33. The van der Waals surface area contributed by atoms with Crippen LogP contribution in [0.4, 0.5) is 0 Å². The molecule has 0 aliphatic rings. The number of rotatable bonds is 7. The largest absolute Gasteiger partial charge is 0.493 e. The van der Waals surface area contributed by atoms with Crippen molar-refractivity contribution in [3.05, 3.63) is 99.1 Å². The molecule has 0 saturated carbocycles. The van der Waals surface area contributed by atoms with E-state index in [4.69, 9.17) is 25.8 Å². The quantitative estimate of drug-likeness (QED) is 0.416. The zero-order chi connectivity index (χ0) is 22.5. The van der Waals surface area contributed by atoms with Gasteiger partial charge in [-0.3, -0.25) is 4.79 Å². The van der Waals surface area contributed by atoms with Gasteiger partial charge < -0.3 is 19.2 Å². The number of nitrogens with one attached hydrogen (secondary N) is 1. The van der Waals surface area contributed by atoms with Crippen molar-refractivity contribution in [3.63, 3.8) is 0 Å². The third kappa shape index (κ3) is 4.90. The minimum Gasteiger partial charge on any atom is -0.493 e. The van der Waals surface area contributed by atoms with E-state index in [1.807, 2.05) is 30.3 Å². The maximum atomic E-state index is 12.5. The Kier molecular flexibility index (Phi) is 6.37. The van der Waals surface area contributed by atoms with E-state index >= 15 is 0 Å². The Morgan fingerprint density at radius 1 is 1.00 bits per heavy atom. The van der Waals surface area contributed by atoms with E-state index in [0.29, 0.717) is 34.0 Å². The van der Waals surface area contributed by atoms with Crippen molar-refractivity contribution in [2.75, 3.05) is 7.11 Å². The van der Waals surface area contributed by atoms with E-state index in [9.17, 15) is 9.59 Å². The molecular weight excluding hydrogens is 432 g/mol. The summed E-state index contributed by atoms with van der Waals surface area (Å²) in [5.74, 6) is 0.534. The Hall–Kier alpha value is -3.84. The third-order valence-corrected chi connectivity index (χ3v) is 4.93. The standard InChI is InChI=1S/C24H19ClN2O5/c1-30-21-11-16(7-10-20(21)31-13-15-5-3-2-4-6-15)24(29)32-14-22-26-19-12-17(25)8-9-18(19)23(28)27-22/h2-12H,13-14H2,1H3,(H,26,27,28). The molecule has 0 spiro atoms. The summed E-state index contributed by atoms with van der Waals surface area (Å²) in [4.78, 5) is 31.6. The zero-order valence-electron chi connectivity index (χ0n) is 17.1. The van der Waals surface area contributed by atoms with Crippen LogP contribution in [0.5, 0.6) is 11.5 Å². The van der Waals surface area contributed by atoms with Gasteiger partial charge in [-0.25, -0.2) is 9.78 Å². The van der Waals surface area contributed by atoms with Gasteiger partial charge in [0.15, 0.2) is 11.5 Å². The van der Waals surface area contributed by atoms with Crippen molar-refractivity contribution in [2.45, 2.75) is 13.2 Å². The second-order valence-electron chi connectivity index (χ2n) is 6.89. The van der Waals surface area contributed by atoms with E-state index in [-0.39, 0.29) is 23.6 Å². The van der Waals surface area contributed by atoms with Gasteiger partial charge >= 0.3 is 5.97 Å². The first kappa shape index (κ1) is 21.4. The Morgan fingerprint density at radius 2 is 1.81 bits per heavy atom. The van der Waals surface area contributed by atoms with Crippen LogP contribution in [0.15, 0.2) is 71.5 Å². The Bertz CT molecular complexity index is 1320. The van der Waals surface area contributed by atoms with Gasteiger partial charge in [0.2, 0.25) is 0 Å². The first-order valence-electron chi connectivity index (χ1n) is 9.74. The number of esters is 1. The Labute approximate surface area is 188 Å². The smallest absolute Gasteiger partial charge is 0.338 e. The zero-order valence-corrected chi connectivity index (χ0v) is 17.9. The number of aromatic amines is 1. The molecule has 1 heterocycles. The number of carbonyl (C=O) groups is 1. The Balaban J connectivity index is 1.45. The van der Waals surface area contributed by atoms with Gasteiger partial charge in [0.05, 0.1) is 23.6 Å². The lowest BCUT2D eigenvalue weighted by molar-refractivity contribution is 0.0462. The first-order chi connectivity index (χ1) is 15.5. The number of hydrogen-bond acceptors (Lipinski definition) is 6. The average molecular weight is 451 g/mol. The molecule has 0 radical (unpaired) electrons. The number of fused-ring (bicyclic) bond motifs is 1. The van der Waals surface area contributed by atoms with Crippen LogP contribution in [0.25, 0.3) is 10.9 Å². The van der Waals surface area contributed by atoms with Gasteiger partial charge in [0.1, 0.15) is 19.0 Å². The fourth-order valence-corrected chi connectivity index (χ4v) is 3.26. The summed E-state index contributed by atoms with van der Waals surface area (Å²) in [5, 5.41) is 0.862. The maximum absolute atomic E-state index is 12.5. The van der Waals surface area contributed by atoms with Crippen LogP contribution in [0, 0.1) is 0 Å². The van der Waals surface area contributed by atoms with Crippen LogP contribution in [-0.2, 0) is 18.0 Å². The number of nitrogens with zero attached hydrogens (tertiary/aromatic N) is 1. The average Bonchev–Trinajstić information content (AvgIpc) is 2.81. The molecule has 0 aliphatic heterocycles. The fraction of sp³-hybridized carbons (Fsp3) is 0.125. The van der Waals surface area contributed by atoms with Crippen molar-refractivity contribution in [3.8, 4) is 11.5 Å². The molecule has 4 aromatic rings. The Morgan fingerprint density at radius 3 is 2.59 bits per heavy atom. The molecule has 0 amide bonds. The summed E-state index contributed by atoms with van der Waals surface area (Å²) in [6, 6.07) is 19.3. The van der Waals surface area contributed by atoms with Crippen LogP contribution >= 0.6 is 11.6 Å². The number of benzene rings is 3. The normalized spacial score (nSPS) is 10.7. The van der Waals surface area contributed by atoms with Gasteiger partial charge in [-0.15, -0.1) is 0 Å². The third-order valence-electron chi connectivity index (χ3n) is 4.69. The molecule has 0 saturated heterocycles. The summed E-state index contributed by atoms with van der Waals surface area (Å²) in [5.41, 5.74) is 1.38. The van der Waals surface area contributed by atoms with E-state index in [1.54, 1.807) is 36.4 Å². The molecular formula is C24H19ClN2O5. The molecule has 1 N–H and O–H groups in total. The second kappa shape index (κ2) is 9.53. The van der Waals surface area contributed by atoms with Gasteiger partial charge in [0, 0.05) is 5.02 Å². The molecule has 0 aliphatic carbocycles. The number of H-pyrrole nitrogens is 1. The molecule has 4 rings (SSSR count). The number of methoxy groups -OCH3 is 1. The lowest BCUT2D eigenvalue weighted by Crippen LogP contribution is -2.14. The number of carbonyl (C=O) groups excluding carboxylic acids is 1. The monoisotopic (exact) mass is 450 g/mol. The number of ether oxygens (including phenoxy) is 3. The summed E-state index contributed by atoms with van der Waals surface area (Å²) >= 11 is 5.97. The van der Waals surface area contributed by atoms with E-state index in [1.165, 1.54) is 7.11 Å². The molecule has 32 heavy (non-hydrogen) atoms. The summed E-state index contributed by atoms with van der Waals surface area (Å²) in [7, 11) is 1.49. The van der Waals surface area contributed by atoms with E-state index in [0.717, 1.165) is 5.56 Å². The summed E-state index contributed by atoms with van der Waals surface area (Å²) < 4.78 is 16.5. The van der Waals surface area contributed by atoms with Gasteiger partial charge in [0.25, 0.3) is 5.56 Å². The van der Waals surface area contributed by atoms with Crippen LogP contribution in [-0.4, -0.2) is 23.0 Å². The fourth-order valence-electron chi connectivity index (χ4n) is 3.10. The van der Waals surface area contributed by atoms with Gasteiger partial charge in [-0.2, -0.15) is 0 Å². The highest BCUT2D eigenvalue weighted by Crippen LogP contribution is 2.29. The molecule has 3 aromatic carbocycles. The number of halogens is 1. The molecule has 1 aromatic heterocycles. The maximum Gasteiger partial charge on any atom is 0.338 e. The lowest BCUT2D eigenvalue weighted by Gasteiger charge is -2.12. The van der Waals surface area contributed by atoms with Crippen LogP contribution in [0.1, 0.15) is 21.7 Å². The molecule has 0 fully saturated rings. The van der Waals surface area contributed by atoms with Gasteiger partial charge in [-0.05, 0) is 42.0 Å². The lowest BCUT2D eigenvalue weighted by atomic mass is 10.2. The van der Waals surface area contributed by atoms with Crippen molar-refractivity contribution < 1.29 is 19.0 Å². The van der Waals surface area contributed by atoms with Crippen LogP contribution in [0.2, 0.25) is 5.02 Å². The number of aromatic nitrogens is 2. The highest BCUT2D eigenvalue weighted by Gasteiger charge is 2.14. The molecule has 8 heteroatoms. The highest BCUT2D eigenvalue weighted by molar-refractivity contribution is 6.31. The van der Waals surface area contributed by atoms with Crippen molar-refractivity contribution in [1.82, 2.24) is 9.97 Å². The minimum atomic E-state index is -0.591. The predicted molar refractivity (Wildman–Crippen MR) is 120 cm³/mol. The predicted octanol–water partition coefficient (Wildman–Crippen LogP) is 4.52. The summed E-state index contributed by atoms with van der Waals surface area (Å²) in [6.07, 6.45) is 0. The van der Waals surface area contributed by atoms with E-state index in [2.05, 4.69) is 9.97 Å². The molecule has 0 bridgehead atoms. The molecule has 162 valence electrons. The van der Waals surface area contributed by atoms with Crippen molar-refractivity contribution in [1.29, 1.82) is 0 Å². The minimum absolute atomic E-state index is 0.203. The van der Waals surface area contributed by atoms with E-state index < -0.39 is 5.97 Å². The SMILES string of the molecule is COc1cc(C(=O)OCc2nc3cc(Cl)ccc3c(=O)[nH]2)ccc1OCc1ccccc1. The topological polar surface area (TPSA) is 90.5 Å². The summed E-state index contributed by atoms with van der Waals surface area (Å²) in [6.45, 7) is 0.164. The van der Waals surface area contributed by atoms with Crippen LogP contribution < -0.4 is 15.0 Å². The van der Waals surface area contributed by atoms with Crippen molar-refractivity contribution >= 4 is 28.5 Å². The van der Waals surface area contributed by atoms with Crippen LogP contribution in [0.3, 0.4) is 0 Å². The highest BCUT2D eigenvalue weighted by atomic mass is 35.5. The van der Waals surface area contributed by atoms with Crippen molar-refractivity contribution in [2.24, 2.45) is 0 Å². The molecule has 7 nitrogen and oxygen atoms in total. The number of hydrogen-bond donors (Lipinski definition) is 1. The van der Waals surface area contributed by atoms with Gasteiger partial charge in [-0.1, -0.05) is 41.9 Å².